The standard InChI is InChI=1S/C25H25N3O5S/c1-17-5-10-24(34-17)22(31)9-6-18-13-27(16-26-18)21-8-7-19(28-11-3-2-4-25(28)32)12-23(21)33-15-20(30)14-29/h2-5,7-8,10-13,16,20,29-30H,6,9,14-15H2,1H3/t20-/m1/s1. The Morgan fingerprint density at radius 2 is 2.06 bits per heavy atom. The van der Waals surface area contributed by atoms with E-state index in [4.69, 9.17) is 9.84 Å². The lowest BCUT2D eigenvalue weighted by Gasteiger charge is -2.16. The van der Waals surface area contributed by atoms with Gasteiger partial charge in [-0.05, 0) is 43.7 Å². The number of carbonyl (C=O) groups excluding carboxylic acids is 1. The van der Waals surface area contributed by atoms with E-state index >= 15 is 0 Å². The van der Waals surface area contributed by atoms with Crippen LogP contribution < -0.4 is 10.3 Å². The Morgan fingerprint density at radius 1 is 1.21 bits per heavy atom. The lowest BCUT2D eigenvalue weighted by molar-refractivity contribution is 0.0536. The number of aromatic nitrogens is 3. The van der Waals surface area contributed by atoms with Crippen LogP contribution >= 0.6 is 11.3 Å². The van der Waals surface area contributed by atoms with Gasteiger partial charge in [0.2, 0.25) is 0 Å². The smallest absolute Gasteiger partial charge is 0.255 e. The Kier molecular flexibility index (Phi) is 7.36. The van der Waals surface area contributed by atoms with Gasteiger partial charge in [-0.3, -0.25) is 14.2 Å². The van der Waals surface area contributed by atoms with Crippen molar-refractivity contribution in [2.75, 3.05) is 13.2 Å². The van der Waals surface area contributed by atoms with E-state index in [9.17, 15) is 14.7 Å². The van der Waals surface area contributed by atoms with Gasteiger partial charge in [0.15, 0.2) is 5.78 Å². The van der Waals surface area contributed by atoms with Gasteiger partial charge in [-0.1, -0.05) is 6.07 Å². The second-order valence-corrected chi connectivity index (χ2v) is 9.10. The number of ketones is 1. The summed E-state index contributed by atoms with van der Waals surface area (Å²) in [6.07, 6.45) is 4.94. The Bertz CT molecular complexity index is 1340. The van der Waals surface area contributed by atoms with E-state index in [-0.39, 0.29) is 17.9 Å². The number of ether oxygens (including phenoxy) is 1. The molecule has 34 heavy (non-hydrogen) atoms. The third-order valence-corrected chi connectivity index (χ3v) is 6.27. The molecule has 0 fully saturated rings. The van der Waals surface area contributed by atoms with Crippen molar-refractivity contribution in [3.05, 3.63) is 93.1 Å². The summed E-state index contributed by atoms with van der Waals surface area (Å²) in [7, 11) is 0. The number of aliphatic hydroxyl groups excluding tert-OH is 2. The fourth-order valence-corrected chi connectivity index (χ4v) is 4.27. The van der Waals surface area contributed by atoms with E-state index in [0.717, 1.165) is 15.4 Å². The highest BCUT2D eigenvalue weighted by Gasteiger charge is 2.14. The molecule has 8 nitrogen and oxygen atoms in total. The molecule has 1 aromatic carbocycles. The number of aryl methyl sites for hydroxylation is 2. The first kappa shape index (κ1) is 23.6. The minimum absolute atomic E-state index is 0.0901. The monoisotopic (exact) mass is 479 g/mol. The number of imidazole rings is 1. The van der Waals surface area contributed by atoms with Crippen molar-refractivity contribution in [2.45, 2.75) is 25.9 Å². The molecule has 0 aliphatic rings. The summed E-state index contributed by atoms with van der Waals surface area (Å²) in [5.74, 6) is 0.502. The first-order valence-corrected chi connectivity index (χ1v) is 11.6. The molecule has 0 spiro atoms. The number of hydrogen-bond acceptors (Lipinski definition) is 7. The number of hydrogen-bond donors (Lipinski definition) is 2. The summed E-state index contributed by atoms with van der Waals surface area (Å²) in [5, 5.41) is 18.9. The molecule has 2 N–H and O–H groups in total. The summed E-state index contributed by atoms with van der Waals surface area (Å²) in [6, 6.07) is 14.0. The van der Waals surface area contributed by atoms with E-state index in [1.54, 1.807) is 47.4 Å². The zero-order valence-corrected chi connectivity index (χ0v) is 19.4. The van der Waals surface area contributed by atoms with E-state index < -0.39 is 12.7 Å². The number of aliphatic hydroxyl groups is 2. The molecule has 4 aromatic rings. The van der Waals surface area contributed by atoms with Crippen LogP contribution in [0.15, 0.2) is 72.0 Å². The first-order valence-electron chi connectivity index (χ1n) is 10.8. The van der Waals surface area contributed by atoms with Crippen LogP contribution in [-0.2, 0) is 6.42 Å². The van der Waals surface area contributed by atoms with Crippen LogP contribution in [-0.4, -0.2) is 49.4 Å². The van der Waals surface area contributed by atoms with Gasteiger partial charge in [-0.2, -0.15) is 0 Å². The second kappa shape index (κ2) is 10.6. The second-order valence-electron chi connectivity index (χ2n) is 7.81. The van der Waals surface area contributed by atoms with Crippen molar-refractivity contribution >= 4 is 17.1 Å². The molecule has 0 radical (unpaired) electrons. The summed E-state index contributed by atoms with van der Waals surface area (Å²) < 4.78 is 9.04. The first-order chi connectivity index (χ1) is 16.4. The maximum atomic E-state index is 12.4. The minimum Gasteiger partial charge on any atom is -0.489 e. The Morgan fingerprint density at radius 3 is 2.79 bits per heavy atom. The average molecular weight is 480 g/mol. The molecule has 0 bridgehead atoms. The number of Topliss-reactive ketones (excluding diaryl/α,β-unsaturated/α-hetero) is 1. The van der Waals surface area contributed by atoms with E-state index in [0.29, 0.717) is 30.0 Å². The molecule has 0 saturated carbocycles. The topological polar surface area (TPSA) is 107 Å². The Balaban J connectivity index is 1.57. The molecule has 0 saturated heterocycles. The lowest BCUT2D eigenvalue weighted by atomic mass is 10.1. The number of rotatable bonds is 10. The summed E-state index contributed by atoms with van der Waals surface area (Å²) in [5.41, 5.74) is 1.82. The van der Waals surface area contributed by atoms with Crippen molar-refractivity contribution in [3.63, 3.8) is 0 Å². The molecule has 4 rings (SSSR count). The molecular formula is C25H25N3O5S. The molecule has 0 unspecified atom stereocenters. The van der Waals surface area contributed by atoms with Crippen molar-refractivity contribution in [1.82, 2.24) is 14.1 Å². The maximum absolute atomic E-state index is 12.4. The molecule has 3 aromatic heterocycles. The van der Waals surface area contributed by atoms with Gasteiger partial charge in [0.05, 0.1) is 34.9 Å². The molecule has 176 valence electrons. The van der Waals surface area contributed by atoms with Crippen LogP contribution in [0.4, 0.5) is 0 Å². The van der Waals surface area contributed by atoms with Gasteiger partial charge in [0, 0.05) is 35.8 Å². The number of nitrogens with zero attached hydrogens (tertiary/aromatic N) is 3. The van der Waals surface area contributed by atoms with Crippen molar-refractivity contribution in [3.8, 4) is 17.1 Å². The summed E-state index contributed by atoms with van der Waals surface area (Å²) in [6.45, 7) is 1.43. The average Bonchev–Trinajstić information content (AvgIpc) is 3.50. The molecule has 0 amide bonds. The fourth-order valence-electron chi connectivity index (χ4n) is 3.43. The van der Waals surface area contributed by atoms with Gasteiger partial charge in [-0.15, -0.1) is 11.3 Å². The number of thiophene rings is 1. The van der Waals surface area contributed by atoms with Gasteiger partial charge >= 0.3 is 0 Å². The number of benzene rings is 1. The minimum atomic E-state index is -1.04. The third-order valence-electron chi connectivity index (χ3n) is 5.22. The number of pyridine rings is 1. The molecule has 9 heteroatoms. The van der Waals surface area contributed by atoms with Gasteiger partial charge < -0.3 is 19.5 Å². The highest BCUT2D eigenvalue weighted by atomic mass is 32.1. The highest BCUT2D eigenvalue weighted by Crippen LogP contribution is 2.27. The Labute approximate surface area is 200 Å². The van der Waals surface area contributed by atoms with Gasteiger partial charge in [0.25, 0.3) is 5.56 Å². The molecule has 0 aliphatic heterocycles. The molecular weight excluding hydrogens is 454 g/mol. The maximum Gasteiger partial charge on any atom is 0.255 e. The third kappa shape index (κ3) is 5.51. The van der Waals surface area contributed by atoms with Crippen molar-refractivity contribution in [2.24, 2.45) is 0 Å². The normalized spacial score (nSPS) is 12.0. The van der Waals surface area contributed by atoms with E-state index in [1.807, 2.05) is 25.3 Å². The van der Waals surface area contributed by atoms with Crippen LogP contribution in [0.25, 0.3) is 11.4 Å². The van der Waals surface area contributed by atoms with Crippen LogP contribution in [0.3, 0.4) is 0 Å². The van der Waals surface area contributed by atoms with Gasteiger partial charge in [-0.25, -0.2) is 4.98 Å². The zero-order valence-electron chi connectivity index (χ0n) is 18.6. The quantitative estimate of drug-likeness (QED) is 0.339. The lowest BCUT2D eigenvalue weighted by Crippen LogP contribution is -2.22. The van der Waals surface area contributed by atoms with Crippen LogP contribution in [0, 0.1) is 6.92 Å². The van der Waals surface area contributed by atoms with Crippen LogP contribution in [0.2, 0.25) is 0 Å². The molecule has 0 aliphatic carbocycles. The van der Waals surface area contributed by atoms with Gasteiger partial charge in [0.1, 0.15) is 18.5 Å². The van der Waals surface area contributed by atoms with Crippen LogP contribution in [0.1, 0.15) is 26.7 Å². The highest BCUT2D eigenvalue weighted by molar-refractivity contribution is 7.14. The van der Waals surface area contributed by atoms with Crippen molar-refractivity contribution in [1.29, 1.82) is 0 Å². The zero-order chi connectivity index (χ0) is 24.1. The largest absolute Gasteiger partial charge is 0.489 e. The predicted molar refractivity (Wildman–Crippen MR) is 129 cm³/mol. The predicted octanol–water partition coefficient (Wildman–Crippen LogP) is 2.94. The molecule has 1 atom stereocenters. The summed E-state index contributed by atoms with van der Waals surface area (Å²) in [4.78, 5) is 30.9. The van der Waals surface area contributed by atoms with E-state index in [2.05, 4.69) is 4.98 Å². The SMILES string of the molecule is Cc1ccc(C(=O)CCc2cn(-c3ccc(-n4ccccc4=O)cc3OC[C@H](O)CO)cn2)s1. The fraction of sp³-hybridized carbons (Fsp3) is 0.240. The Hall–Kier alpha value is -3.53. The van der Waals surface area contributed by atoms with Crippen molar-refractivity contribution < 1.29 is 19.7 Å². The van der Waals surface area contributed by atoms with Crippen LogP contribution in [0.5, 0.6) is 5.75 Å². The van der Waals surface area contributed by atoms with E-state index in [1.165, 1.54) is 22.0 Å². The summed E-state index contributed by atoms with van der Waals surface area (Å²) >= 11 is 1.49. The molecule has 3 heterocycles. The number of carbonyl (C=O) groups is 1.